The van der Waals surface area contributed by atoms with Crippen molar-refractivity contribution in [3.8, 4) is 0 Å². The molecule has 0 spiro atoms. The minimum Gasteiger partial charge on any atom is -0.313 e. The molecule has 0 saturated heterocycles. The highest BCUT2D eigenvalue weighted by Crippen LogP contribution is 2.34. The summed E-state index contributed by atoms with van der Waals surface area (Å²) in [4.78, 5) is 1.40. The Balaban J connectivity index is 1.78. The normalized spacial score (nSPS) is 15.7. The second kappa shape index (κ2) is 7.35. The Morgan fingerprint density at radius 1 is 1.16 bits per heavy atom. The number of thioether (sulfide) groups is 1. The van der Waals surface area contributed by atoms with Gasteiger partial charge in [-0.25, -0.2) is 0 Å². The molecule has 2 heteroatoms. The maximum Gasteiger partial charge on any atom is 0.00719 e. The first kappa shape index (κ1) is 14.9. The van der Waals surface area contributed by atoms with Crippen LogP contribution in [0.4, 0.5) is 0 Å². The summed E-state index contributed by atoms with van der Waals surface area (Å²) < 4.78 is 0. The minimum absolute atomic E-state index is 0.504. The molecule has 0 heterocycles. The van der Waals surface area contributed by atoms with Gasteiger partial charge < -0.3 is 5.32 Å². The smallest absolute Gasteiger partial charge is 0.00719 e. The molecule has 1 aromatic rings. The zero-order valence-corrected chi connectivity index (χ0v) is 13.1. The lowest BCUT2D eigenvalue weighted by Gasteiger charge is -2.32. The number of hydrogen-bond acceptors (Lipinski definition) is 2. The summed E-state index contributed by atoms with van der Waals surface area (Å²) >= 11 is 2.00. The molecule has 2 rings (SSSR count). The van der Waals surface area contributed by atoms with E-state index >= 15 is 0 Å². The highest BCUT2D eigenvalue weighted by Gasteiger charge is 2.29. The van der Waals surface area contributed by atoms with Crippen LogP contribution in [0.25, 0.3) is 0 Å². The molecule has 19 heavy (non-hydrogen) atoms. The Morgan fingerprint density at radius 2 is 1.84 bits per heavy atom. The second-order valence-electron chi connectivity index (χ2n) is 5.77. The van der Waals surface area contributed by atoms with E-state index in [0.29, 0.717) is 5.41 Å². The molecule has 1 aliphatic carbocycles. The monoisotopic (exact) mass is 277 g/mol. The van der Waals surface area contributed by atoms with Crippen LogP contribution in [0.2, 0.25) is 0 Å². The van der Waals surface area contributed by atoms with Crippen molar-refractivity contribution in [2.75, 3.05) is 12.3 Å². The zero-order valence-electron chi connectivity index (χ0n) is 12.3. The summed E-state index contributed by atoms with van der Waals surface area (Å²) in [5.74, 6) is 1.23. The fraction of sp³-hybridized carbons (Fsp3) is 0.647. The van der Waals surface area contributed by atoms with Gasteiger partial charge in [-0.3, -0.25) is 0 Å². The molecule has 1 aliphatic rings. The molecule has 0 radical (unpaired) electrons. The van der Waals surface area contributed by atoms with Gasteiger partial charge in [-0.05, 0) is 55.4 Å². The van der Waals surface area contributed by atoms with E-state index in [-0.39, 0.29) is 0 Å². The van der Waals surface area contributed by atoms with E-state index in [1.54, 1.807) is 0 Å². The average molecular weight is 277 g/mol. The number of benzene rings is 1. The number of hydrogen-bond donors (Lipinski definition) is 1. The van der Waals surface area contributed by atoms with E-state index in [4.69, 9.17) is 0 Å². The molecule has 0 aliphatic heterocycles. The Morgan fingerprint density at radius 3 is 2.42 bits per heavy atom. The van der Waals surface area contributed by atoms with Gasteiger partial charge in [-0.2, -0.15) is 0 Å². The molecule has 1 nitrogen and oxygen atoms in total. The second-order valence-corrected chi connectivity index (χ2v) is 6.94. The third-order valence-corrected chi connectivity index (χ3v) is 5.50. The van der Waals surface area contributed by atoms with Crippen LogP contribution >= 0.6 is 11.8 Å². The van der Waals surface area contributed by atoms with Crippen molar-refractivity contribution in [2.24, 2.45) is 5.41 Å². The molecule has 0 bridgehead atoms. The van der Waals surface area contributed by atoms with E-state index in [0.717, 1.165) is 6.04 Å². The number of rotatable bonds is 9. The van der Waals surface area contributed by atoms with Crippen LogP contribution in [0.1, 0.15) is 46.0 Å². The van der Waals surface area contributed by atoms with Crippen molar-refractivity contribution in [3.63, 3.8) is 0 Å². The lowest BCUT2D eigenvalue weighted by atomic mass is 9.79. The lowest BCUT2D eigenvalue weighted by Crippen LogP contribution is -2.35. The van der Waals surface area contributed by atoms with Crippen molar-refractivity contribution < 1.29 is 0 Å². The lowest BCUT2D eigenvalue weighted by molar-refractivity contribution is 0.240. The Hall–Kier alpha value is -0.470. The van der Waals surface area contributed by atoms with Gasteiger partial charge in [0.1, 0.15) is 0 Å². The molecular formula is C17H27NS. The van der Waals surface area contributed by atoms with Crippen LogP contribution in [0.3, 0.4) is 0 Å². The first-order chi connectivity index (χ1) is 9.28. The molecule has 0 unspecified atom stereocenters. The molecule has 106 valence electrons. The Labute approximate surface area is 122 Å². The summed E-state index contributed by atoms with van der Waals surface area (Å²) in [6, 6.07) is 11.6. The zero-order chi connectivity index (χ0) is 13.6. The van der Waals surface area contributed by atoms with Crippen molar-refractivity contribution in [3.05, 3.63) is 30.3 Å². The minimum atomic E-state index is 0.504. The molecule has 1 saturated carbocycles. The topological polar surface area (TPSA) is 12.0 Å². The van der Waals surface area contributed by atoms with Gasteiger partial charge in [-0.1, -0.05) is 32.0 Å². The summed E-state index contributed by atoms with van der Waals surface area (Å²) in [7, 11) is 0. The van der Waals surface area contributed by atoms with E-state index < -0.39 is 0 Å². The summed E-state index contributed by atoms with van der Waals surface area (Å²) in [5, 5.41) is 3.74. The van der Waals surface area contributed by atoms with Crippen molar-refractivity contribution in [2.45, 2.75) is 56.9 Å². The molecule has 1 fully saturated rings. The van der Waals surface area contributed by atoms with Crippen LogP contribution in [0.15, 0.2) is 35.2 Å². The van der Waals surface area contributed by atoms with Gasteiger partial charge in [0.15, 0.2) is 0 Å². The first-order valence-corrected chi connectivity index (χ1v) is 8.68. The highest BCUT2D eigenvalue weighted by molar-refractivity contribution is 7.99. The van der Waals surface area contributed by atoms with Gasteiger partial charge in [0.25, 0.3) is 0 Å². The van der Waals surface area contributed by atoms with Crippen LogP contribution in [0.5, 0.6) is 0 Å². The SMILES string of the molecule is CCC(CC)(CCSc1ccccc1)CNC1CC1. The maximum absolute atomic E-state index is 3.74. The quantitative estimate of drug-likeness (QED) is 0.655. The standard InChI is InChI=1S/C17H27NS/c1-3-17(4-2,14-18-15-10-11-15)12-13-19-16-8-6-5-7-9-16/h5-9,15,18H,3-4,10-14H2,1-2H3. The molecule has 0 amide bonds. The van der Waals surface area contributed by atoms with Gasteiger partial charge in [-0.15, -0.1) is 11.8 Å². The summed E-state index contributed by atoms with van der Waals surface area (Å²) in [5.41, 5.74) is 0.504. The average Bonchev–Trinajstić information content (AvgIpc) is 3.28. The third kappa shape index (κ3) is 4.85. The van der Waals surface area contributed by atoms with Crippen molar-refractivity contribution in [1.82, 2.24) is 5.32 Å². The molecule has 1 N–H and O–H groups in total. The van der Waals surface area contributed by atoms with Crippen LogP contribution in [0, 0.1) is 5.41 Å². The fourth-order valence-electron chi connectivity index (χ4n) is 2.49. The largest absolute Gasteiger partial charge is 0.313 e. The number of nitrogens with one attached hydrogen (secondary N) is 1. The Kier molecular flexibility index (Phi) is 5.77. The highest BCUT2D eigenvalue weighted by atomic mass is 32.2. The van der Waals surface area contributed by atoms with E-state index in [1.165, 1.54) is 49.3 Å². The first-order valence-electron chi connectivity index (χ1n) is 7.69. The molecule has 1 aromatic carbocycles. The van der Waals surface area contributed by atoms with Crippen LogP contribution in [-0.2, 0) is 0 Å². The maximum atomic E-state index is 3.74. The van der Waals surface area contributed by atoms with Crippen molar-refractivity contribution >= 4 is 11.8 Å². The van der Waals surface area contributed by atoms with E-state index in [9.17, 15) is 0 Å². The van der Waals surface area contributed by atoms with Gasteiger partial charge in [0.05, 0.1) is 0 Å². The fourth-order valence-corrected chi connectivity index (χ4v) is 3.61. The van der Waals surface area contributed by atoms with Gasteiger partial charge in [0, 0.05) is 17.5 Å². The molecular weight excluding hydrogens is 250 g/mol. The molecule has 0 aromatic heterocycles. The summed E-state index contributed by atoms with van der Waals surface area (Å²) in [6.07, 6.45) is 6.68. The van der Waals surface area contributed by atoms with Crippen molar-refractivity contribution in [1.29, 1.82) is 0 Å². The predicted molar refractivity (Wildman–Crippen MR) is 85.8 cm³/mol. The Bertz CT molecular complexity index is 355. The third-order valence-electron chi connectivity index (χ3n) is 4.49. The molecule has 0 atom stereocenters. The summed E-state index contributed by atoms with van der Waals surface area (Å²) in [6.45, 7) is 5.91. The van der Waals surface area contributed by atoms with Gasteiger partial charge >= 0.3 is 0 Å². The predicted octanol–water partition coefficient (Wildman–Crippen LogP) is 4.73. The van der Waals surface area contributed by atoms with Gasteiger partial charge in [0.2, 0.25) is 0 Å². The van der Waals surface area contributed by atoms with Crippen LogP contribution < -0.4 is 5.32 Å². The van der Waals surface area contributed by atoms with Crippen LogP contribution in [-0.4, -0.2) is 18.3 Å². The van der Waals surface area contributed by atoms with E-state index in [1.807, 2.05) is 11.8 Å². The van der Waals surface area contributed by atoms with E-state index in [2.05, 4.69) is 49.5 Å².